The first kappa shape index (κ1) is 22.2. The van der Waals surface area contributed by atoms with Gasteiger partial charge >= 0.3 is 10.2 Å². The second-order valence-electron chi connectivity index (χ2n) is 8.06. The van der Waals surface area contributed by atoms with Crippen LogP contribution in [0.3, 0.4) is 0 Å². The van der Waals surface area contributed by atoms with Crippen molar-refractivity contribution in [2.45, 2.75) is 31.4 Å². The van der Waals surface area contributed by atoms with Gasteiger partial charge in [-0.05, 0) is 42.2 Å². The Balaban J connectivity index is 1.30. The molecule has 34 heavy (non-hydrogen) atoms. The molecule has 2 aliphatic rings. The molecule has 1 amide bonds. The number of rotatable bonds is 6. The summed E-state index contributed by atoms with van der Waals surface area (Å²) in [5.74, 6) is 1.80. The van der Waals surface area contributed by atoms with Gasteiger partial charge in [0, 0.05) is 24.1 Å². The van der Waals surface area contributed by atoms with E-state index in [1.807, 2.05) is 29.0 Å². The predicted molar refractivity (Wildman–Crippen MR) is 123 cm³/mol. The van der Waals surface area contributed by atoms with Crippen LogP contribution in [0.5, 0.6) is 23.3 Å². The molecule has 2 atom stereocenters. The summed E-state index contributed by atoms with van der Waals surface area (Å²) in [6.07, 6.45) is 1.50. The third kappa shape index (κ3) is 4.68. The molecule has 1 unspecified atom stereocenters. The number of aromatic nitrogens is 1. The molecule has 1 saturated heterocycles. The highest BCUT2D eigenvalue weighted by Gasteiger charge is 2.30. The molecule has 1 fully saturated rings. The standard InChI is InChI=1S/C24H23N3O6S/c1-31-23-6-3-7-24(25-23)33-20-5-2-4-17-18(20)12-13-21(17)32-16-10-8-15(9-11-16)19-14-22(28)27-34(29,30)26-19/h2-11,19,21,26H,12-14H2,1H3,(H,27,28)/t19?,21-/m1/s1. The number of pyridine rings is 1. The van der Waals surface area contributed by atoms with Crippen LogP contribution in [-0.2, 0) is 21.4 Å². The monoisotopic (exact) mass is 481 g/mol. The predicted octanol–water partition coefficient (Wildman–Crippen LogP) is 3.34. The number of hydrogen-bond acceptors (Lipinski definition) is 7. The quantitative estimate of drug-likeness (QED) is 0.555. The van der Waals surface area contributed by atoms with E-state index in [1.165, 1.54) is 0 Å². The summed E-state index contributed by atoms with van der Waals surface area (Å²) in [5.41, 5.74) is 2.83. The van der Waals surface area contributed by atoms with Crippen molar-refractivity contribution in [1.29, 1.82) is 0 Å². The van der Waals surface area contributed by atoms with Crippen molar-refractivity contribution in [3.63, 3.8) is 0 Å². The van der Waals surface area contributed by atoms with Crippen molar-refractivity contribution in [2.75, 3.05) is 7.11 Å². The van der Waals surface area contributed by atoms with E-state index in [1.54, 1.807) is 43.5 Å². The largest absolute Gasteiger partial charge is 0.486 e. The molecule has 2 N–H and O–H groups in total. The molecule has 176 valence electrons. The van der Waals surface area contributed by atoms with Gasteiger partial charge in [-0.2, -0.15) is 18.1 Å². The lowest BCUT2D eigenvalue weighted by molar-refractivity contribution is -0.120. The number of benzene rings is 2. The lowest BCUT2D eigenvalue weighted by atomic mass is 10.0. The SMILES string of the molecule is COc1cccc(Oc2cccc3c2CC[C@H]3Oc2ccc(C3CC(=O)NS(=O)(=O)N3)cc2)n1. The number of nitrogens with zero attached hydrogens (tertiary/aromatic N) is 1. The molecule has 1 aliphatic carbocycles. The Morgan fingerprint density at radius 2 is 1.76 bits per heavy atom. The van der Waals surface area contributed by atoms with Gasteiger partial charge in [-0.3, -0.25) is 4.79 Å². The van der Waals surface area contributed by atoms with E-state index in [0.717, 1.165) is 29.7 Å². The highest BCUT2D eigenvalue weighted by atomic mass is 32.2. The molecular weight excluding hydrogens is 458 g/mol. The first-order valence-electron chi connectivity index (χ1n) is 10.8. The summed E-state index contributed by atoms with van der Waals surface area (Å²) in [7, 11) is -2.27. The Morgan fingerprint density at radius 3 is 2.53 bits per heavy atom. The second-order valence-corrected chi connectivity index (χ2v) is 9.51. The van der Waals surface area contributed by atoms with Gasteiger partial charge in [0.1, 0.15) is 17.6 Å². The van der Waals surface area contributed by atoms with Crippen molar-refractivity contribution in [2.24, 2.45) is 0 Å². The Labute approximate surface area is 197 Å². The van der Waals surface area contributed by atoms with Crippen LogP contribution in [0.25, 0.3) is 0 Å². The minimum atomic E-state index is -3.83. The number of ether oxygens (including phenoxy) is 3. The summed E-state index contributed by atoms with van der Waals surface area (Å²) in [6.45, 7) is 0. The van der Waals surface area contributed by atoms with Crippen molar-refractivity contribution in [3.05, 3.63) is 77.4 Å². The molecule has 5 rings (SSSR count). The molecule has 0 bridgehead atoms. The van der Waals surface area contributed by atoms with E-state index >= 15 is 0 Å². The Bertz CT molecular complexity index is 1330. The Morgan fingerprint density at radius 1 is 1.00 bits per heavy atom. The van der Waals surface area contributed by atoms with Gasteiger partial charge < -0.3 is 14.2 Å². The van der Waals surface area contributed by atoms with Gasteiger partial charge in [-0.1, -0.05) is 30.3 Å². The average Bonchev–Trinajstić information content (AvgIpc) is 3.22. The first-order chi connectivity index (χ1) is 16.4. The van der Waals surface area contributed by atoms with E-state index < -0.39 is 22.2 Å². The normalized spacial score (nSPS) is 20.8. The highest BCUT2D eigenvalue weighted by molar-refractivity contribution is 7.88. The molecule has 9 nitrogen and oxygen atoms in total. The lowest BCUT2D eigenvalue weighted by Gasteiger charge is -2.24. The van der Waals surface area contributed by atoms with E-state index in [4.69, 9.17) is 14.2 Å². The summed E-state index contributed by atoms with van der Waals surface area (Å²) in [4.78, 5) is 16.0. The van der Waals surface area contributed by atoms with Crippen molar-refractivity contribution >= 4 is 16.1 Å². The van der Waals surface area contributed by atoms with Gasteiger partial charge in [0.15, 0.2) is 0 Å². The Hall–Kier alpha value is -3.63. The van der Waals surface area contributed by atoms with Crippen LogP contribution >= 0.6 is 0 Å². The highest BCUT2D eigenvalue weighted by Crippen LogP contribution is 2.41. The summed E-state index contributed by atoms with van der Waals surface area (Å²) >= 11 is 0. The third-order valence-electron chi connectivity index (χ3n) is 5.79. The van der Waals surface area contributed by atoms with Crippen molar-refractivity contribution < 1.29 is 27.4 Å². The number of nitrogens with one attached hydrogen (secondary N) is 2. The summed E-state index contributed by atoms with van der Waals surface area (Å²) < 4.78 is 45.3. The van der Waals surface area contributed by atoms with Crippen LogP contribution in [-0.4, -0.2) is 26.4 Å². The van der Waals surface area contributed by atoms with Crippen LogP contribution < -0.4 is 23.7 Å². The number of carbonyl (C=O) groups is 1. The van der Waals surface area contributed by atoms with Gasteiger partial charge in [-0.25, -0.2) is 4.72 Å². The zero-order valence-electron chi connectivity index (χ0n) is 18.4. The van der Waals surface area contributed by atoms with Gasteiger partial charge in [0.25, 0.3) is 0 Å². The molecule has 0 spiro atoms. The fourth-order valence-corrected chi connectivity index (χ4v) is 5.28. The van der Waals surface area contributed by atoms with Crippen LogP contribution in [0.1, 0.15) is 41.7 Å². The number of fused-ring (bicyclic) bond motifs is 1. The zero-order valence-corrected chi connectivity index (χ0v) is 19.2. The summed E-state index contributed by atoms with van der Waals surface area (Å²) in [6, 6.07) is 17.7. The first-order valence-corrected chi connectivity index (χ1v) is 12.3. The summed E-state index contributed by atoms with van der Waals surface area (Å²) in [5, 5.41) is 0. The van der Waals surface area contributed by atoms with E-state index in [9.17, 15) is 13.2 Å². The number of hydrogen-bond donors (Lipinski definition) is 2. The van der Waals surface area contributed by atoms with E-state index in [-0.39, 0.29) is 12.5 Å². The number of carbonyl (C=O) groups excluding carboxylic acids is 1. The molecular formula is C24H23N3O6S. The van der Waals surface area contributed by atoms with Gasteiger partial charge in [0.05, 0.1) is 13.2 Å². The fourth-order valence-electron chi connectivity index (χ4n) is 4.24. The smallest absolute Gasteiger partial charge is 0.301 e. The third-order valence-corrected chi connectivity index (χ3v) is 6.88. The van der Waals surface area contributed by atoms with Crippen molar-refractivity contribution in [1.82, 2.24) is 14.4 Å². The molecule has 10 heteroatoms. The average molecular weight is 482 g/mol. The van der Waals surface area contributed by atoms with Crippen LogP contribution in [0, 0.1) is 0 Å². The van der Waals surface area contributed by atoms with Crippen LogP contribution in [0.4, 0.5) is 0 Å². The Kier molecular flexibility index (Phi) is 5.84. The maximum Gasteiger partial charge on any atom is 0.301 e. The molecule has 0 radical (unpaired) electrons. The lowest BCUT2D eigenvalue weighted by Crippen LogP contribution is -2.48. The minimum absolute atomic E-state index is 0.0420. The molecule has 1 aliphatic heterocycles. The maximum absolute atomic E-state index is 11.7. The zero-order chi connectivity index (χ0) is 23.7. The van der Waals surface area contributed by atoms with E-state index in [0.29, 0.717) is 23.1 Å². The second kappa shape index (κ2) is 8.96. The van der Waals surface area contributed by atoms with Gasteiger partial charge in [-0.15, -0.1) is 0 Å². The topological polar surface area (TPSA) is 116 Å². The molecule has 1 aromatic heterocycles. The number of amides is 1. The molecule has 2 heterocycles. The molecule has 2 aromatic carbocycles. The van der Waals surface area contributed by atoms with Crippen LogP contribution in [0.2, 0.25) is 0 Å². The fraction of sp³-hybridized carbons (Fsp3) is 0.250. The van der Waals surface area contributed by atoms with Gasteiger partial charge in [0.2, 0.25) is 17.7 Å². The van der Waals surface area contributed by atoms with E-state index in [2.05, 4.69) is 9.71 Å². The number of methoxy groups -OCH3 is 1. The van der Waals surface area contributed by atoms with Crippen LogP contribution in [0.15, 0.2) is 60.7 Å². The minimum Gasteiger partial charge on any atom is -0.486 e. The van der Waals surface area contributed by atoms with Crippen molar-refractivity contribution in [3.8, 4) is 23.3 Å². The maximum atomic E-state index is 11.7. The molecule has 3 aromatic rings. The molecule has 0 saturated carbocycles.